The number of benzene rings is 3. The van der Waals surface area contributed by atoms with Crippen LogP contribution in [0.4, 0.5) is 0 Å². The molecule has 0 aliphatic carbocycles. The van der Waals surface area contributed by atoms with Crippen LogP contribution >= 0.6 is 0 Å². The molecule has 0 saturated carbocycles. The molecule has 5 heteroatoms. The Hall–Kier alpha value is -3.02. The van der Waals surface area contributed by atoms with Crippen LogP contribution in [0.1, 0.15) is 16.7 Å². The van der Waals surface area contributed by atoms with E-state index in [1.54, 1.807) is 14.2 Å². The number of aliphatic hydroxyl groups excluding tert-OH is 1. The number of methoxy groups -OCH3 is 2. The number of hydrogen-bond donors (Lipinski definition) is 1. The Balaban J connectivity index is 1.62. The molecule has 0 heterocycles. The Morgan fingerprint density at radius 2 is 1.62 bits per heavy atom. The third-order valence-corrected chi connectivity index (χ3v) is 5.31. The van der Waals surface area contributed by atoms with Crippen molar-refractivity contribution in [2.24, 2.45) is 0 Å². The first-order valence-electron chi connectivity index (χ1n) is 10.9. The second-order valence-electron chi connectivity index (χ2n) is 7.94. The number of aliphatic hydroxyl groups is 1. The summed E-state index contributed by atoms with van der Waals surface area (Å²) in [7, 11) is 3.28. The third kappa shape index (κ3) is 7.29. The van der Waals surface area contributed by atoms with Crippen molar-refractivity contribution in [1.82, 2.24) is 4.90 Å². The van der Waals surface area contributed by atoms with E-state index in [4.69, 9.17) is 14.2 Å². The van der Waals surface area contributed by atoms with Crippen molar-refractivity contribution in [2.45, 2.75) is 26.0 Å². The summed E-state index contributed by atoms with van der Waals surface area (Å²) in [4.78, 5) is 2.26. The first-order valence-corrected chi connectivity index (χ1v) is 10.9. The van der Waals surface area contributed by atoms with Crippen molar-refractivity contribution >= 4 is 0 Å². The average molecular weight is 436 g/mol. The zero-order valence-electron chi connectivity index (χ0n) is 19.2. The highest BCUT2D eigenvalue weighted by Crippen LogP contribution is 2.27. The highest BCUT2D eigenvalue weighted by Gasteiger charge is 2.14. The van der Waals surface area contributed by atoms with Gasteiger partial charge < -0.3 is 19.3 Å². The molecule has 1 atom stereocenters. The van der Waals surface area contributed by atoms with Gasteiger partial charge in [-0.25, -0.2) is 0 Å². The Morgan fingerprint density at radius 1 is 0.844 bits per heavy atom. The minimum atomic E-state index is -0.593. The van der Waals surface area contributed by atoms with Crippen LogP contribution in [0.2, 0.25) is 0 Å². The lowest BCUT2D eigenvalue weighted by Crippen LogP contribution is -2.36. The molecule has 0 aliphatic heterocycles. The molecule has 3 aromatic rings. The number of ether oxygens (including phenoxy) is 3. The lowest BCUT2D eigenvalue weighted by atomic mass is 10.1. The van der Waals surface area contributed by atoms with Gasteiger partial charge in [-0.1, -0.05) is 48.5 Å². The zero-order chi connectivity index (χ0) is 22.8. The maximum absolute atomic E-state index is 10.7. The Bertz CT molecular complexity index is 961. The second kappa shape index (κ2) is 12.1. The average Bonchev–Trinajstić information content (AvgIpc) is 2.81. The molecule has 32 heavy (non-hydrogen) atoms. The molecular weight excluding hydrogens is 402 g/mol. The molecule has 0 spiro atoms. The standard InChI is InChI=1S/C27H33NO4/c1-21-8-7-11-25(16-21)32-20-24(29)19-28(18-23-9-5-4-6-10-23)15-14-22-12-13-26(30-2)27(17-22)31-3/h4-13,16-17,24,29H,14-15,18-20H2,1-3H3. The Kier molecular flexibility index (Phi) is 8.96. The van der Waals surface area contributed by atoms with Gasteiger partial charge in [0, 0.05) is 19.6 Å². The smallest absolute Gasteiger partial charge is 0.160 e. The highest BCUT2D eigenvalue weighted by atomic mass is 16.5. The summed E-state index contributed by atoms with van der Waals surface area (Å²) in [6.45, 7) is 4.36. The van der Waals surface area contributed by atoms with Gasteiger partial charge in [-0.3, -0.25) is 4.90 Å². The van der Waals surface area contributed by atoms with E-state index in [1.807, 2.05) is 61.5 Å². The maximum atomic E-state index is 10.7. The molecule has 0 saturated heterocycles. The number of nitrogens with zero attached hydrogens (tertiary/aromatic N) is 1. The fourth-order valence-corrected chi connectivity index (χ4v) is 3.65. The molecule has 1 N–H and O–H groups in total. The summed E-state index contributed by atoms with van der Waals surface area (Å²) in [5.74, 6) is 2.23. The molecule has 3 aromatic carbocycles. The molecule has 170 valence electrons. The summed E-state index contributed by atoms with van der Waals surface area (Å²) in [5.41, 5.74) is 3.51. The van der Waals surface area contributed by atoms with Crippen LogP contribution in [0.5, 0.6) is 17.2 Å². The van der Waals surface area contributed by atoms with E-state index in [0.717, 1.165) is 47.9 Å². The molecule has 3 rings (SSSR count). The lowest BCUT2D eigenvalue weighted by molar-refractivity contribution is 0.0659. The van der Waals surface area contributed by atoms with Gasteiger partial charge in [0.1, 0.15) is 18.5 Å². The van der Waals surface area contributed by atoms with E-state index in [9.17, 15) is 5.11 Å². The van der Waals surface area contributed by atoms with Crippen molar-refractivity contribution < 1.29 is 19.3 Å². The van der Waals surface area contributed by atoms with Crippen LogP contribution in [0, 0.1) is 6.92 Å². The van der Waals surface area contributed by atoms with E-state index in [0.29, 0.717) is 6.54 Å². The van der Waals surface area contributed by atoms with Gasteiger partial charge in [0.2, 0.25) is 0 Å². The highest BCUT2D eigenvalue weighted by molar-refractivity contribution is 5.43. The Morgan fingerprint density at radius 3 is 2.34 bits per heavy atom. The molecule has 0 radical (unpaired) electrons. The van der Waals surface area contributed by atoms with E-state index < -0.39 is 6.10 Å². The molecule has 0 aromatic heterocycles. The summed E-state index contributed by atoms with van der Waals surface area (Å²) in [5, 5.41) is 10.7. The molecule has 0 bridgehead atoms. The van der Waals surface area contributed by atoms with E-state index in [2.05, 4.69) is 23.1 Å². The van der Waals surface area contributed by atoms with Gasteiger partial charge in [0.05, 0.1) is 14.2 Å². The predicted octanol–water partition coefficient (Wildman–Crippen LogP) is 4.50. The van der Waals surface area contributed by atoms with Crippen molar-refractivity contribution in [1.29, 1.82) is 0 Å². The van der Waals surface area contributed by atoms with Crippen LogP contribution in [0.15, 0.2) is 72.8 Å². The fraction of sp³-hybridized carbons (Fsp3) is 0.333. The topological polar surface area (TPSA) is 51.2 Å². The summed E-state index contributed by atoms with van der Waals surface area (Å²) in [6.07, 6.45) is 0.239. The zero-order valence-corrected chi connectivity index (χ0v) is 19.2. The third-order valence-electron chi connectivity index (χ3n) is 5.31. The minimum Gasteiger partial charge on any atom is -0.493 e. The molecular formula is C27H33NO4. The second-order valence-corrected chi connectivity index (χ2v) is 7.94. The Labute approximate surface area is 191 Å². The SMILES string of the molecule is COc1ccc(CCN(Cc2ccccc2)CC(O)COc2cccc(C)c2)cc1OC. The van der Waals surface area contributed by atoms with E-state index in [1.165, 1.54) is 5.56 Å². The quantitative estimate of drug-likeness (QED) is 0.454. The lowest BCUT2D eigenvalue weighted by Gasteiger charge is -2.25. The molecule has 0 fully saturated rings. The van der Waals surface area contributed by atoms with E-state index >= 15 is 0 Å². The van der Waals surface area contributed by atoms with Gasteiger partial charge in [-0.2, -0.15) is 0 Å². The maximum Gasteiger partial charge on any atom is 0.160 e. The van der Waals surface area contributed by atoms with Gasteiger partial charge in [0.15, 0.2) is 11.5 Å². The number of hydrogen-bond acceptors (Lipinski definition) is 5. The van der Waals surface area contributed by atoms with Crippen molar-refractivity contribution in [3.8, 4) is 17.2 Å². The summed E-state index contributed by atoms with van der Waals surface area (Å²) in [6, 6.07) is 24.2. The van der Waals surface area contributed by atoms with Crippen molar-refractivity contribution in [3.05, 3.63) is 89.5 Å². The van der Waals surface area contributed by atoms with Gasteiger partial charge in [-0.15, -0.1) is 0 Å². The van der Waals surface area contributed by atoms with Gasteiger partial charge in [-0.05, 0) is 54.3 Å². The first-order chi connectivity index (χ1) is 15.6. The fourth-order valence-electron chi connectivity index (χ4n) is 3.65. The van der Waals surface area contributed by atoms with Gasteiger partial charge in [0.25, 0.3) is 0 Å². The van der Waals surface area contributed by atoms with Crippen LogP contribution in [0.3, 0.4) is 0 Å². The molecule has 0 amide bonds. The predicted molar refractivity (Wildman–Crippen MR) is 128 cm³/mol. The van der Waals surface area contributed by atoms with E-state index in [-0.39, 0.29) is 6.61 Å². The monoisotopic (exact) mass is 435 g/mol. The van der Waals surface area contributed by atoms with Crippen LogP contribution < -0.4 is 14.2 Å². The molecule has 5 nitrogen and oxygen atoms in total. The normalized spacial score (nSPS) is 11.9. The minimum absolute atomic E-state index is 0.255. The van der Waals surface area contributed by atoms with Crippen LogP contribution in [-0.4, -0.2) is 50.0 Å². The first kappa shape index (κ1) is 23.6. The van der Waals surface area contributed by atoms with Crippen molar-refractivity contribution in [2.75, 3.05) is 33.9 Å². The summed E-state index contributed by atoms with van der Waals surface area (Å²) >= 11 is 0. The number of rotatable bonds is 12. The van der Waals surface area contributed by atoms with Crippen LogP contribution in [0.25, 0.3) is 0 Å². The largest absolute Gasteiger partial charge is 0.493 e. The molecule has 1 unspecified atom stereocenters. The van der Waals surface area contributed by atoms with Gasteiger partial charge >= 0.3 is 0 Å². The number of aryl methyl sites for hydroxylation is 1. The van der Waals surface area contributed by atoms with Crippen LogP contribution in [-0.2, 0) is 13.0 Å². The van der Waals surface area contributed by atoms with Crippen molar-refractivity contribution in [3.63, 3.8) is 0 Å². The molecule has 0 aliphatic rings. The summed E-state index contributed by atoms with van der Waals surface area (Å²) < 4.78 is 16.6.